The molecule has 0 aromatic heterocycles. The number of hydrogen-bond acceptors (Lipinski definition) is 6. The van der Waals surface area contributed by atoms with Crippen LogP contribution in [0.1, 0.15) is 27.6 Å². The lowest BCUT2D eigenvalue weighted by atomic mass is 10.1. The number of ketones is 1. The van der Waals surface area contributed by atoms with Crippen LogP contribution in [-0.2, 0) is 4.74 Å². The molecule has 6 heteroatoms. The molecule has 0 aliphatic carbocycles. The van der Waals surface area contributed by atoms with Gasteiger partial charge in [-0.1, -0.05) is 0 Å². The average Bonchev–Trinajstić information content (AvgIpc) is 2.50. The van der Waals surface area contributed by atoms with Gasteiger partial charge in [-0.2, -0.15) is 0 Å². The Bertz CT molecular complexity index is 691. The highest BCUT2D eigenvalue weighted by atomic mass is 16.6. The number of esters is 1. The van der Waals surface area contributed by atoms with Gasteiger partial charge in [0, 0.05) is 16.9 Å². The van der Waals surface area contributed by atoms with Crippen molar-refractivity contribution < 1.29 is 19.1 Å². The van der Waals surface area contributed by atoms with Crippen LogP contribution < -0.4 is 16.2 Å². The van der Waals surface area contributed by atoms with Crippen molar-refractivity contribution in [3.05, 3.63) is 53.6 Å². The van der Waals surface area contributed by atoms with Crippen molar-refractivity contribution in [3.8, 4) is 5.75 Å². The van der Waals surface area contributed by atoms with E-state index in [1.165, 1.54) is 19.1 Å². The molecule has 0 heterocycles. The Morgan fingerprint density at radius 2 is 1.52 bits per heavy atom. The molecule has 23 heavy (non-hydrogen) atoms. The third kappa shape index (κ3) is 4.74. The Morgan fingerprint density at radius 3 is 2.09 bits per heavy atom. The molecule has 0 aliphatic heterocycles. The number of ether oxygens (including phenoxy) is 2. The summed E-state index contributed by atoms with van der Waals surface area (Å²) in [5, 5.41) is 0. The van der Waals surface area contributed by atoms with E-state index in [4.69, 9.17) is 20.9 Å². The van der Waals surface area contributed by atoms with Gasteiger partial charge in [0.2, 0.25) is 0 Å². The van der Waals surface area contributed by atoms with E-state index in [0.717, 1.165) is 0 Å². The van der Waals surface area contributed by atoms with Crippen LogP contribution in [0, 0.1) is 0 Å². The minimum atomic E-state index is -0.514. The Balaban J connectivity index is 1.80. The molecule has 6 nitrogen and oxygen atoms in total. The van der Waals surface area contributed by atoms with E-state index in [-0.39, 0.29) is 19.0 Å². The van der Waals surface area contributed by atoms with Gasteiger partial charge in [0.15, 0.2) is 5.78 Å². The van der Waals surface area contributed by atoms with E-state index in [1.54, 1.807) is 30.3 Å². The van der Waals surface area contributed by atoms with Gasteiger partial charge in [0.05, 0.1) is 5.56 Å². The lowest BCUT2D eigenvalue weighted by Crippen LogP contribution is -2.13. The smallest absolute Gasteiger partial charge is 0.338 e. The van der Waals surface area contributed by atoms with Gasteiger partial charge in [-0.25, -0.2) is 4.79 Å². The van der Waals surface area contributed by atoms with Crippen LogP contribution >= 0.6 is 0 Å². The standard InChI is InChI=1S/C17H18N2O4/c1-11(20)12-2-4-16(5-3-12)22-6-7-23-17(21)13-8-14(18)10-15(19)9-13/h2-5,8-10H,6-7,18-19H2,1H3. The predicted octanol–water partition coefficient (Wildman–Crippen LogP) is 2.29. The molecule has 0 unspecified atom stereocenters. The first-order valence-electron chi connectivity index (χ1n) is 7.02. The first kappa shape index (κ1) is 16.4. The van der Waals surface area contributed by atoms with Gasteiger partial charge in [-0.3, -0.25) is 4.79 Å². The molecule has 0 radical (unpaired) electrons. The van der Waals surface area contributed by atoms with Crippen LogP contribution in [0.4, 0.5) is 11.4 Å². The number of anilines is 2. The maximum Gasteiger partial charge on any atom is 0.338 e. The topological polar surface area (TPSA) is 105 Å². The third-order valence-electron chi connectivity index (χ3n) is 3.06. The van der Waals surface area contributed by atoms with E-state index in [1.807, 2.05) is 0 Å². The minimum absolute atomic E-state index is 0.00751. The summed E-state index contributed by atoms with van der Waals surface area (Å²) in [4.78, 5) is 23.0. The molecule has 2 aromatic carbocycles. The maximum atomic E-state index is 11.9. The van der Waals surface area contributed by atoms with E-state index in [9.17, 15) is 9.59 Å². The van der Waals surface area contributed by atoms with Gasteiger partial charge < -0.3 is 20.9 Å². The molecular formula is C17H18N2O4. The zero-order chi connectivity index (χ0) is 16.8. The number of rotatable bonds is 6. The number of carbonyl (C=O) groups excluding carboxylic acids is 2. The van der Waals surface area contributed by atoms with Gasteiger partial charge in [0.25, 0.3) is 0 Å². The molecule has 2 rings (SSSR count). The van der Waals surface area contributed by atoms with Crippen molar-refractivity contribution in [1.82, 2.24) is 0 Å². The SMILES string of the molecule is CC(=O)c1ccc(OCCOC(=O)c2cc(N)cc(N)c2)cc1. The molecule has 120 valence electrons. The van der Waals surface area contributed by atoms with Crippen LogP contribution in [-0.4, -0.2) is 25.0 Å². The minimum Gasteiger partial charge on any atom is -0.490 e. The second kappa shape index (κ2) is 7.31. The van der Waals surface area contributed by atoms with Crippen LogP contribution in [0.5, 0.6) is 5.75 Å². The van der Waals surface area contributed by atoms with Gasteiger partial charge in [-0.15, -0.1) is 0 Å². The predicted molar refractivity (Wildman–Crippen MR) is 87.5 cm³/mol. The molecule has 2 aromatic rings. The van der Waals surface area contributed by atoms with Crippen molar-refractivity contribution in [1.29, 1.82) is 0 Å². The highest BCUT2D eigenvalue weighted by Gasteiger charge is 2.08. The van der Waals surface area contributed by atoms with Crippen molar-refractivity contribution in [3.63, 3.8) is 0 Å². The van der Waals surface area contributed by atoms with Crippen LogP contribution in [0.25, 0.3) is 0 Å². The van der Waals surface area contributed by atoms with E-state index in [2.05, 4.69) is 0 Å². The second-order valence-corrected chi connectivity index (χ2v) is 4.95. The molecule has 4 N–H and O–H groups in total. The molecule has 0 bridgehead atoms. The fraction of sp³-hybridized carbons (Fsp3) is 0.176. The summed E-state index contributed by atoms with van der Waals surface area (Å²) in [6.45, 7) is 1.78. The van der Waals surface area contributed by atoms with Crippen molar-refractivity contribution in [2.45, 2.75) is 6.92 Å². The quantitative estimate of drug-likeness (QED) is 0.367. The summed E-state index contributed by atoms with van der Waals surface area (Å²) in [7, 11) is 0. The Morgan fingerprint density at radius 1 is 0.913 bits per heavy atom. The maximum absolute atomic E-state index is 11.9. The van der Waals surface area contributed by atoms with E-state index < -0.39 is 5.97 Å². The van der Waals surface area contributed by atoms with Gasteiger partial charge in [0.1, 0.15) is 19.0 Å². The molecule has 0 fully saturated rings. The van der Waals surface area contributed by atoms with Crippen LogP contribution in [0.2, 0.25) is 0 Å². The number of nitrogens with two attached hydrogens (primary N) is 2. The summed E-state index contributed by atoms with van der Waals surface area (Å²) in [5.41, 5.74) is 13.0. The second-order valence-electron chi connectivity index (χ2n) is 4.95. The number of carbonyl (C=O) groups is 2. The zero-order valence-corrected chi connectivity index (χ0v) is 12.7. The average molecular weight is 314 g/mol. The van der Waals surface area contributed by atoms with Crippen LogP contribution in [0.3, 0.4) is 0 Å². The number of Topliss-reactive ketones (excluding diaryl/α,β-unsaturated/α-hetero) is 1. The van der Waals surface area contributed by atoms with Crippen molar-refractivity contribution in [2.75, 3.05) is 24.7 Å². The van der Waals surface area contributed by atoms with E-state index >= 15 is 0 Å². The summed E-state index contributed by atoms with van der Waals surface area (Å²) >= 11 is 0. The lowest BCUT2D eigenvalue weighted by molar-refractivity contribution is 0.0450. The fourth-order valence-electron chi connectivity index (χ4n) is 1.96. The summed E-state index contributed by atoms with van der Waals surface area (Å²) < 4.78 is 10.5. The van der Waals surface area contributed by atoms with Gasteiger partial charge >= 0.3 is 5.97 Å². The van der Waals surface area contributed by atoms with Crippen molar-refractivity contribution >= 4 is 23.1 Å². The molecular weight excluding hydrogens is 296 g/mol. The summed E-state index contributed by atoms with van der Waals surface area (Å²) in [6, 6.07) is 11.3. The summed E-state index contributed by atoms with van der Waals surface area (Å²) in [5.74, 6) is 0.0747. The van der Waals surface area contributed by atoms with E-state index in [0.29, 0.717) is 28.3 Å². The number of nitrogen functional groups attached to an aromatic ring is 2. The number of hydrogen-bond donors (Lipinski definition) is 2. The molecule has 0 saturated carbocycles. The Kier molecular flexibility index (Phi) is 5.19. The summed E-state index contributed by atoms with van der Waals surface area (Å²) in [6.07, 6.45) is 0. The van der Waals surface area contributed by atoms with Crippen molar-refractivity contribution in [2.24, 2.45) is 0 Å². The first-order valence-corrected chi connectivity index (χ1v) is 7.02. The number of benzene rings is 2. The third-order valence-corrected chi connectivity index (χ3v) is 3.06. The zero-order valence-electron chi connectivity index (χ0n) is 12.7. The Hall–Kier alpha value is -3.02. The molecule has 0 amide bonds. The Labute approximate surface area is 134 Å². The molecule has 0 spiro atoms. The lowest BCUT2D eigenvalue weighted by Gasteiger charge is -2.08. The molecule has 0 atom stereocenters. The fourth-order valence-corrected chi connectivity index (χ4v) is 1.96. The van der Waals surface area contributed by atoms with Crippen LogP contribution in [0.15, 0.2) is 42.5 Å². The molecule has 0 saturated heterocycles. The largest absolute Gasteiger partial charge is 0.490 e. The van der Waals surface area contributed by atoms with Gasteiger partial charge in [-0.05, 0) is 49.4 Å². The normalized spacial score (nSPS) is 10.1. The monoisotopic (exact) mass is 314 g/mol. The molecule has 0 aliphatic rings. The highest BCUT2D eigenvalue weighted by Crippen LogP contribution is 2.15. The first-order chi connectivity index (χ1) is 11.0. The highest BCUT2D eigenvalue weighted by molar-refractivity contribution is 5.94.